The van der Waals surface area contributed by atoms with E-state index in [1.807, 2.05) is 32.1 Å². The van der Waals surface area contributed by atoms with Gasteiger partial charge in [-0.3, -0.25) is 4.57 Å². The van der Waals surface area contributed by atoms with Crippen molar-refractivity contribution in [2.75, 3.05) is 0 Å². The van der Waals surface area contributed by atoms with Gasteiger partial charge in [-0.15, -0.1) is 11.3 Å². The van der Waals surface area contributed by atoms with E-state index in [0.717, 1.165) is 16.0 Å². The zero-order valence-electron chi connectivity index (χ0n) is 11.1. The summed E-state index contributed by atoms with van der Waals surface area (Å²) < 4.78 is 2.42. The van der Waals surface area contributed by atoms with Crippen LogP contribution in [-0.4, -0.2) is 20.9 Å². The van der Waals surface area contributed by atoms with Crippen LogP contribution in [0.3, 0.4) is 0 Å². The van der Waals surface area contributed by atoms with Crippen LogP contribution in [0.25, 0.3) is 11.6 Å². The van der Waals surface area contributed by atoms with E-state index in [1.165, 1.54) is 11.3 Å². The molecular weight excluding hydrogens is 290 g/mol. The molecule has 0 aromatic carbocycles. The molecule has 0 unspecified atom stereocenters. The molecule has 3 heterocycles. The Hall–Kier alpha value is -1.79. The first-order valence-corrected chi connectivity index (χ1v) is 7.46. The fourth-order valence-electron chi connectivity index (χ4n) is 2.13. The lowest BCUT2D eigenvalue weighted by atomic mass is 10.1. The predicted molar refractivity (Wildman–Crippen MR) is 85.5 cm³/mol. The van der Waals surface area contributed by atoms with Gasteiger partial charge in [0.05, 0.1) is 4.88 Å². The van der Waals surface area contributed by atoms with Crippen LogP contribution in [-0.2, 0) is 0 Å². The van der Waals surface area contributed by atoms with Gasteiger partial charge >= 0.3 is 0 Å². The van der Waals surface area contributed by atoms with Gasteiger partial charge < -0.3 is 5.11 Å². The van der Waals surface area contributed by atoms with Crippen LogP contribution in [0.15, 0.2) is 23.3 Å². The summed E-state index contributed by atoms with van der Waals surface area (Å²) in [7, 11) is 0. The Bertz CT molecular complexity index is 784. The summed E-state index contributed by atoms with van der Waals surface area (Å²) in [6.07, 6.45) is 5.39. The Labute approximate surface area is 125 Å². The fraction of sp³-hybridized carbons (Fsp3) is 0.214. The molecule has 0 spiro atoms. The first-order valence-electron chi connectivity index (χ1n) is 6.23. The van der Waals surface area contributed by atoms with Crippen molar-refractivity contribution in [2.45, 2.75) is 19.9 Å². The van der Waals surface area contributed by atoms with Crippen molar-refractivity contribution in [1.29, 1.82) is 0 Å². The van der Waals surface area contributed by atoms with Crippen molar-refractivity contribution in [2.24, 2.45) is 4.99 Å². The number of allylic oxidation sites excluding steroid dienone is 1. The van der Waals surface area contributed by atoms with Crippen LogP contribution in [0.2, 0.25) is 0 Å². The molecule has 1 aliphatic heterocycles. The molecule has 0 radical (unpaired) electrons. The zero-order chi connectivity index (χ0) is 14.3. The van der Waals surface area contributed by atoms with Crippen LogP contribution in [0, 0.1) is 3.95 Å². The molecule has 0 atom stereocenters. The van der Waals surface area contributed by atoms with Gasteiger partial charge in [0.1, 0.15) is 0 Å². The predicted octanol–water partition coefficient (Wildman–Crippen LogP) is 4.22. The number of pyridine rings is 1. The lowest BCUT2D eigenvalue weighted by molar-refractivity contribution is 0.397. The summed E-state index contributed by atoms with van der Waals surface area (Å²) in [4.78, 5) is 9.21. The van der Waals surface area contributed by atoms with E-state index in [4.69, 9.17) is 12.2 Å². The summed E-state index contributed by atoms with van der Waals surface area (Å²) in [5.74, 6) is 0.929. The largest absolute Gasteiger partial charge is 0.493 e. The Balaban J connectivity index is 2.10. The maximum atomic E-state index is 10.3. The highest BCUT2D eigenvalue weighted by atomic mass is 32.1. The third kappa shape index (κ3) is 2.10. The van der Waals surface area contributed by atoms with Gasteiger partial charge in [-0.2, -0.15) is 0 Å². The lowest BCUT2D eigenvalue weighted by Crippen LogP contribution is -1.99. The molecule has 1 aliphatic rings. The molecule has 0 bridgehead atoms. The molecule has 20 heavy (non-hydrogen) atoms. The number of rotatable bonds is 2. The molecule has 0 saturated heterocycles. The lowest BCUT2D eigenvalue weighted by Gasteiger charge is -2.07. The number of aromatic nitrogens is 2. The second kappa shape index (κ2) is 4.96. The Kier molecular flexibility index (Phi) is 3.27. The van der Waals surface area contributed by atoms with Crippen molar-refractivity contribution in [1.82, 2.24) is 9.55 Å². The van der Waals surface area contributed by atoms with E-state index >= 15 is 0 Å². The van der Waals surface area contributed by atoms with E-state index in [1.54, 1.807) is 17.0 Å². The summed E-state index contributed by atoms with van der Waals surface area (Å²) in [5.41, 5.74) is 1.91. The van der Waals surface area contributed by atoms with Gasteiger partial charge in [0.15, 0.2) is 9.77 Å². The molecule has 0 fully saturated rings. The van der Waals surface area contributed by atoms with Gasteiger partial charge in [0.2, 0.25) is 5.88 Å². The molecule has 1 N–H and O–H groups in total. The van der Waals surface area contributed by atoms with Gasteiger partial charge in [0, 0.05) is 29.6 Å². The molecule has 0 amide bonds. The zero-order valence-corrected chi connectivity index (χ0v) is 12.7. The molecular formula is C14H13N3OS2. The highest BCUT2D eigenvalue weighted by Crippen LogP contribution is 2.35. The minimum Gasteiger partial charge on any atom is -0.493 e. The van der Waals surface area contributed by atoms with Crippen LogP contribution in [0.5, 0.6) is 5.88 Å². The minimum atomic E-state index is 0.136. The maximum Gasteiger partial charge on any atom is 0.210 e. The van der Waals surface area contributed by atoms with E-state index in [2.05, 4.69) is 9.98 Å². The van der Waals surface area contributed by atoms with Crippen molar-refractivity contribution in [3.05, 3.63) is 32.7 Å². The second-order valence-corrected chi connectivity index (χ2v) is 6.43. The van der Waals surface area contributed by atoms with Crippen LogP contribution in [0.4, 0.5) is 5.82 Å². The van der Waals surface area contributed by atoms with Gasteiger partial charge in [0.25, 0.3) is 0 Å². The van der Waals surface area contributed by atoms with Crippen molar-refractivity contribution >= 4 is 47.2 Å². The number of aromatic hydroxyl groups is 1. The maximum absolute atomic E-state index is 10.3. The number of hydrogen-bond acceptors (Lipinski definition) is 5. The SMILES string of the molecule is CC(C)n1c(O)c(C=C2C=Nc3ncccc32)sc1=S. The number of thiazole rings is 1. The van der Waals surface area contributed by atoms with Gasteiger partial charge in [-0.05, 0) is 44.3 Å². The molecule has 3 rings (SSSR count). The van der Waals surface area contributed by atoms with E-state index in [-0.39, 0.29) is 11.9 Å². The first kappa shape index (κ1) is 13.2. The summed E-state index contributed by atoms with van der Waals surface area (Å²) >= 11 is 6.70. The summed E-state index contributed by atoms with van der Waals surface area (Å²) in [5, 5.41) is 10.3. The quantitative estimate of drug-likeness (QED) is 0.845. The topological polar surface area (TPSA) is 50.4 Å². The van der Waals surface area contributed by atoms with E-state index in [9.17, 15) is 5.11 Å². The molecule has 6 heteroatoms. The average Bonchev–Trinajstić information content (AvgIpc) is 2.93. The fourth-order valence-corrected chi connectivity index (χ4v) is 3.65. The monoisotopic (exact) mass is 303 g/mol. The van der Waals surface area contributed by atoms with Crippen molar-refractivity contribution in [3.63, 3.8) is 0 Å². The normalized spacial score (nSPS) is 15.2. The Morgan fingerprint density at radius 3 is 2.95 bits per heavy atom. The highest BCUT2D eigenvalue weighted by molar-refractivity contribution is 7.73. The van der Waals surface area contributed by atoms with Crippen LogP contribution in [0.1, 0.15) is 30.3 Å². The van der Waals surface area contributed by atoms with Crippen LogP contribution < -0.4 is 0 Å². The second-order valence-electron chi connectivity index (χ2n) is 4.75. The van der Waals surface area contributed by atoms with Crippen molar-refractivity contribution in [3.8, 4) is 5.88 Å². The Morgan fingerprint density at radius 1 is 1.45 bits per heavy atom. The number of fused-ring (bicyclic) bond motifs is 1. The molecule has 0 saturated carbocycles. The molecule has 102 valence electrons. The molecule has 2 aromatic heterocycles. The molecule has 2 aromatic rings. The average molecular weight is 303 g/mol. The molecule has 0 aliphatic carbocycles. The third-order valence-electron chi connectivity index (χ3n) is 3.07. The number of hydrogen-bond donors (Lipinski definition) is 1. The number of aliphatic imine (C=N–C) groups is 1. The van der Waals surface area contributed by atoms with E-state index in [0.29, 0.717) is 9.77 Å². The summed E-state index contributed by atoms with van der Waals surface area (Å²) in [6, 6.07) is 3.98. The standard InChI is InChI=1S/C14H13N3OS2/c1-8(2)17-13(18)11(20-14(17)19)6-9-7-16-12-10(9)4-3-5-15-12/h3-8,18H,1-2H3. The minimum absolute atomic E-state index is 0.136. The Morgan fingerprint density at radius 2 is 2.25 bits per heavy atom. The third-order valence-corrected chi connectivity index (χ3v) is 4.41. The van der Waals surface area contributed by atoms with Crippen molar-refractivity contribution < 1.29 is 5.11 Å². The smallest absolute Gasteiger partial charge is 0.210 e. The van der Waals surface area contributed by atoms with Crippen LogP contribution >= 0.6 is 23.6 Å². The number of nitrogens with zero attached hydrogens (tertiary/aromatic N) is 3. The summed E-state index contributed by atoms with van der Waals surface area (Å²) in [6.45, 7) is 3.99. The molecule has 4 nitrogen and oxygen atoms in total. The highest BCUT2D eigenvalue weighted by Gasteiger charge is 2.16. The van der Waals surface area contributed by atoms with E-state index < -0.39 is 0 Å². The van der Waals surface area contributed by atoms with Gasteiger partial charge in [-0.25, -0.2) is 9.98 Å². The first-order chi connectivity index (χ1) is 9.58. The van der Waals surface area contributed by atoms with Gasteiger partial charge in [-0.1, -0.05) is 0 Å².